The zero-order chi connectivity index (χ0) is 14.2. The van der Waals surface area contributed by atoms with Crippen molar-refractivity contribution in [1.82, 2.24) is 0 Å². The van der Waals surface area contributed by atoms with E-state index in [9.17, 15) is 18.8 Å². The average molecular weight is 265 g/mol. The Hall–Kier alpha value is -2.24. The maximum atomic E-state index is 13.9. The normalized spacial score (nSPS) is 13.4. The van der Waals surface area contributed by atoms with Crippen molar-refractivity contribution in [2.45, 2.75) is 13.3 Å². The summed E-state index contributed by atoms with van der Waals surface area (Å²) in [7, 11) is 1.46. The number of amides is 1. The number of carbonyl (C=O) groups excluding carboxylic acids is 3. The summed E-state index contributed by atoms with van der Waals surface area (Å²) in [6.07, 6.45) is 0.0205. The molecule has 0 radical (unpaired) electrons. The van der Waals surface area contributed by atoms with Crippen molar-refractivity contribution in [2.24, 2.45) is 0 Å². The fraction of sp³-hybridized carbons (Fsp3) is 0.308. The first kappa shape index (κ1) is 13.2. The van der Waals surface area contributed by atoms with Gasteiger partial charge in [-0.25, -0.2) is 9.18 Å². The van der Waals surface area contributed by atoms with Gasteiger partial charge in [-0.05, 0) is 24.6 Å². The molecule has 1 aromatic rings. The van der Waals surface area contributed by atoms with Crippen LogP contribution in [0, 0.1) is 5.82 Å². The summed E-state index contributed by atoms with van der Waals surface area (Å²) in [4.78, 5) is 35.7. The second kappa shape index (κ2) is 4.79. The second-order valence-corrected chi connectivity index (χ2v) is 4.14. The Morgan fingerprint density at radius 3 is 2.74 bits per heavy atom. The van der Waals surface area contributed by atoms with Gasteiger partial charge in [0.05, 0.1) is 18.7 Å². The van der Waals surface area contributed by atoms with E-state index in [2.05, 4.69) is 4.74 Å². The molecule has 0 aliphatic carbocycles. The Morgan fingerprint density at radius 1 is 1.42 bits per heavy atom. The molecule has 5 nitrogen and oxygen atoms in total. The average Bonchev–Trinajstić information content (AvgIpc) is 2.64. The molecule has 6 heteroatoms. The third-order valence-corrected chi connectivity index (χ3v) is 2.92. The number of fused-ring (bicyclic) bond motifs is 1. The van der Waals surface area contributed by atoms with Crippen LogP contribution in [0.25, 0.3) is 0 Å². The van der Waals surface area contributed by atoms with Gasteiger partial charge in [0.1, 0.15) is 5.82 Å². The molecule has 1 aromatic carbocycles. The van der Waals surface area contributed by atoms with E-state index in [1.165, 1.54) is 18.0 Å². The first-order valence-electron chi connectivity index (χ1n) is 5.76. The van der Waals surface area contributed by atoms with Crippen molar-refractivity contribution in [2.75, 3.05) is 18.6 Å². The van der Waals surface area contributed by atoms with Crippen LogP contribution in [-0.2, 0) is 20.7 Å². The quantitative estimate of drug-likeness (QED) is 0.466. The maximum Gasteiger partial charge on any atom is 0.379 e. The van der Waals surface area contributed by atoms with E-state index >= 15 is 0 Å². The highest BCUT2D eigenvalue weighted by atomic mass is 19.1. The van der Waals surface area contributed by atoms with Gasteiger partial charge in [-0.3, -0.25) is 9.59 Å². The van der Waals surface area contributed by atoms with E-state index < -0.39 is 17.6 Å². The van der Waals surface area contributed by atoms with E-state index in [0.29, 0.717) is 5.56 Å². The summed E-state index contributed by atoms with van der Waals surface area (Å²) in [5.41, 5.74) is 0.461. The number of hydrogen-bond donors (Lipinski definition) is 0. The van der Waals surface area contributed by atoms with E-state index in [1.807, 2.05) is 0 Å². The minimum atomic E-state index is -1.03. The summed E-state index contributed by atoms with van der Waals surface area (Å²) in [5, 5.41) is 0. The van der Waals surface area contributed by atoms with Gasteiger partial charge < -0.3 is 9.64 Å². The number of esters is 1. The maximum absolute atomic E-state index is 13.9. The number of Topliss-reactive ketones (excluding diaryl/α,β-unsaturated/α-hetero) is 1. The summed E-state index contributed by atoms with van der Waals surface area (Å²) in [6, 6.07) is 2.31. The molecule has 1 aliphatic heterocycles. The monoisotopic (exact) mass is 265 g/mol. The lowest BCUT2D eigenvalue weighted by molar-refractivity contribution is -0.137. The van der Waals surface area contributed by atoms with E-state index in [0.717, 1.165) is 6.07 Å². The molecule has 0 saturated carbocycles. The number of ether oxygens (including phenoxy) is 1. The van der Waals surface area contributed by atoms with Crippen molar-refractivity contribution in [3.8, 4) is 0 Å². The number of anilines is 1. The Balaban J connectivity index is 2.39. The second-order valence-electron chi connectivity index (χ2n) is 4.14. The predicted octanol–water partition coefficient (Wildman–Crippen LogP) is 1.09. The summed E-state index contributed by atoms with van der Waals surface area (Å²) in [5.74, 6) is -2.89. The minimum absolute atomic E-state index is 0.0205. The molecule has 0 saturated heterocycles. The van der Waals surface area contributed by atoms with Gasteiger partial charge in [0.25, 0.3) is 5.78 Å². The van der Waals surface area contributed by atoms with Crippen LogP contribution in [0.15, 0.2) is 12.1 Å². The summed E-state index contributed by atoms with van der Waals surface area (Å²) >= 11 is 0. The zero-order valence-corrected chi connectivity index (χ0v) is 10.5. The summed E-state index contributed by atoms with van der Waals surface area (Å²) < 4.78 is 18.5. The largest absolute Gasteiger partial charge is 0.460 e. The molecule has 100 valence electrons. The van der Waals surface area contributed by atoms with Crippen LogP contribution in [0.5, 0.6) is 0 Å². The molecule has 0 N–H and O–H groups in total. The highest BCUT2D eigenvalue weighted by Gasteiger charge is 2.30. The molecule has 0 atom stereocenters. The number of hydrogen-bond acceptors (Lipinski definition) is 4. The Labute approximate surface area is 109 Å². The van der Waals surface area contributed by atoms with Gasteiger partial charge in [-0.15, -0.1) is 0 Å². The SMILES string of the molecule is CCOC(=O)C(=O)c1cc(F)c2c(c1)CC(=O)N2C. The Bertz CT molecular complexity index is 582. The smallest absolute Gasteiger partial charge is 0.379 e. The lowest BCUT2D eigenvalue weighted by atomic mass is 10.0. The van der Waals surface area contributed by atoms with Crippen LogP contribution in [-0.4, -0.2) is 31.3 Å². The molecule has 0 spiro atoms. The van der Waals surface area contributed by atoms with Gasteiger partial charge in [0.15, 0.2) is 0 Å². The van der Waals surface area contributed by atoms with E-state index in [4.69, 9.17) is 0 Å². The van der Waals surface area contributed by atoms with Crippen LogP contribution in [0.1, 0.15) is 22.8 Å². The van der Waals surface area contributed by atoms with Gasteiger partial charge in [0, 0.05) is 12.6 Å². The number of nitrogens with zero attached hydrogens (tertiary/aromatic N) is 1. The first-order chi connectivity index (χ1) is 8.95. The van der Waals surface area contributed by atoms with Crippen LogP contribution in [0.4, 0.5) is 10.1 Å². The van der Waals surface area contributed by atoms with Crippen LogP contribution in [0.3, 0.4) is 0 Å². The molecular formula is C13H12FNO4. The third-order valence-electron chi connectivity index (χ3n) is 2.92. The lowest BCUT2D eigenvalue weighted by Crippen LogP contribution is -2.21. The fourth-order valence-corrected chi connectivity index (χ4v) is 2.02. The number of rotatable bonds is 3. The number of likely N-dealkylation sites (N-methyl/N-ethyl adjacent to an activating group) is 1. The number of ketones is 1. The van der Waals surface area contributed by atoms with Crippen LogP contribution in [0.2, 0.25) is 0 Å². The highest BCUT2D eigenvalue weighted by Crippen LogP contribution is 2.31. The molecule has 0 unspecified atom stereocenters. The fourth-order valence-electron chi connectivity index (χ4n) is 2.02. The van der Waals surface area contributed by atoms with Crippen LogP contribution >= 0.6 is 0 Å². The Morgan fingerprint density at radius 2 is 2.11 bits per heavy atom. The van der Waals surface area contributed by atoms with E-state index in [1.54, 1.807) is 6.92 Å². The van der Waals surface area contributed by atoms with Gasteiger partial charge >= 0.3 is 5.97 Å². The lowest BCUT2D eigenvalue weighted by Gasteiger charge is -2.11. The Kier molecular flexibility index (Phi) is 3.33. The van der Waals surface area contributed by atoms with Crippen molar-refractivity contribution >= 4 is 23.3 Å². The number of carbonyl (C=O) groups is 3. The minimum Gasteiger partial charge on any atom is -0.460 e. The van der Waals surface area contributed by atoms with Crippen molar-refractivity contribution < 1.29 is 23.5 Å². The molecule has 19 heavy (non-hydrogen) atoms. The topological polar surface area (TPSA) is 63.7 Å². The third kappa shape index (κ3) is 2.21. The van der Waals surface area contributed by atoms with Crippen molar-refractivity contribution in [1.29, 1.82) is 0 Å². The van der Waals surface area contributed by atoms with Gasteiger partial charge in [-0.1, -0.05) is 0 Å². The predicted molar refractivity (Wildman–Crippen MR) is 64.5 cm³/mol. The molecule has 0 aromatic heterocycles. The van der Waals surface area contributed by atoms with Gasteiger partial charge in [0.2, 0.25) is 5.91 Å². The summed E-state index contributed by atoms with van der Waals surface area (Å²) in [6.45, 7) is 1.64. The van der Waals surface area contributed by atoms with Crippen molar-refractivity contribution in [3.63, 3.8) is 0 Å². The molecule has 1 amide bonds. The number of halogens is 1. The van der Waals surface area contributed by atoms with Crippen molar-refractivity contribution in [3.05, 3.63) is 29.1 Å². The van der Waals surface area contributed by atoms with Gasteiger partial charge in [-0.2, -0.15) is 0 Å². The molecule has 0 fully saturated rings. The molecule has 1 heterocycles. The zero-order valence-electron chi connectivity index (χ0n) is 10.5. The highest BCUT2D eigenvalue weighted by molar-refractivity contribution is 6.40. The number of benzene rings is 1. The molecular weight excluding hydrogens is 253 g/mol. The first-order valence-corrected chi connectivity index (χ1v) is 5.76. The molecule has 2 rings (SSSR count). The molecule has 1 aliphatic rings. The molecule has 0 bridgehead atoms. The van der Waals surface area contributed by atoms with E-state index in [-0.39, 0.29) is 30.2 Å². The van der Waals surface area contributed by atoms with Crippen LogP contribution < -0.4 is 4.90 Å². The standard InChI is InChI=1S/C13H12FNO4/c1-3-19-13(18)12(17)8-4-7-6-10(16)15(2)11(7)9(14)5-8/h4-5H,3,6H2,1-2H3.